The molecule has 1 aromatic heterocycles. The SMILES string of the molecule is [2H]C([2H])(c1ccc(-c2ccccn2)cc1)N(NC(=O)[C@@H](NC(=O)OC)C(C)(C)C)C([2H])([2H])[C@H](O)[C@H](Cc1ccccc1)NC(=O)[C@@H](NC(=O)OC)C(C)(C)CO. The number of alkyl carbamates (subject to hydrolysis) is 2. The van der Waals surface area contributed by atoms with E-state index in [0.29, 0.717) is 21.8 Å². The average Bonchev–Trinajstić information content (AvgIpc) is 3.17. The van der Waals surface area contributed by atoms with Crippen molar-refractivity contribution in [3.05, 3.63) is 90.1 Å². The number of methoxy groups -OCH3 is 2. The van der Waals surface area contributed by atoms with Crippen LogP contribution in [0.25, 0.3) is 11.3 Å². The summed E-state index contributed by atoms with van der Waals surface area (Å²) in [6.45, 7) is 1.08. The number of carbonyl (C=O) groups excluding carboxylic acids is 4. The van der Waals surface area contributed by atoms with Crippen LogP contribution in [0, 0.1) is 10.8 Å². The second-order valence-electron chi connectivity index (χ2n) is 13.7. The summed E-state index contributed by atoms with van der Waals surface area (Å²) in [5.41, 5.74) is 1.59. The molecular formula is C38H52N6O8. The summed E-state index contributed by atoms with van der Waals surface area (Å²) < 4.78 is 46.8. The van der Waals surface area contributed by atoms with E-state index < -0.39 is 78.7 Å². The molecule has 282 valence electrons. The smallest absolute Gasteiger partial charge is 0.407 e. The molecule has 0 aliphatic heterocycles. The minimum atomic E-state index is -3.25. The zero-order chi connectivity index (χ0) is 42.1. The number of hydrazine groups is 1. The zero-order valence-electron chi connectivity index (χ0n) is 34.5. The zero-order valence-corrected chi connectivity index (χ0v) is 30.5. The third kappa shape index (κ3) is 12.3. The van der Waals surface area contributed by atoms with E-state index in [1.807, 2.05) is 0 Å². The van der Waals surface area contributed by atoms with Crippen molar-refractivity contribution < 1.29 is 44.3 Å². The molecule has 0 bridgehead atoms. The fourth-order valence-electron chi connectivity index (χ4n) is 4.98. The van der Waals surface area contributed by atoms with Gasteiger partial charge in [0.05, 0.1) is 41.4 Å². The monoisotopic (exact) mass is 724 g/mol. The van der Waals surface area contributed by atoms with Crippen LogP contribution in [-0.4, -0.2) is 95.8 Å². The van der Waals surface area contributed by atoms with Gasteiger partial charge in [-0.25, -0.2) is 14.6 Å². The Bertz CT molecular complexity index is 1780. The van der Waals surface area contributed by atoms with Crippen molar-refractivity contribution in [2.75, 3.05) is 27.3 Å². The van der Waals surface area contributed by atoms with Crippen LogP contribution in [0.4, 0.5) is 9.59 Å². The molecule has 0 spiro atoms. The lowest BCUT2D eigenvalue weighted by Crippen LogP contribution is -2.61. The number of nitrogens with zero attached hydrogens (tertiary/aromatic N) is 2. The van der Waals surface area contributed by atoms with E-state index in [-0.39, 0.29) is 12.0 Å². The number of ether oxygens (including phenoxy) is 2. The molecule has 3 rings (SSSR count). The van der Waals surface area contributed by atoms with Crippen molar-refractivity contribution in [3.8, 4) is 11.3 Å². The van der Waals surface area contributed by atoms with E-state index in [2.05, 4.69) is 31.1 Å². The lowest BCUT2D eigenvalue weighted by molar-refractivity contribution is -0.132. The highest BCUT2D eigenvalue weighted by Gasteiger charge is 2.39. The highest BCUT2D eigenvalue weighted by molar-refractivity contribution is 5.87. The number of hydrogen-bond acceptors (Lipinski definition) is 10. The minimum absolute atomic E-state index is 0.141. The normalized spacial score (nSPS) is 15.7. The predicted molar refractivity (Wildman–Crippen MR) is 195 cm³/mol. The van der Waals surface area contributed by atoms with Crippen LogP contribution >= 0.6 is 0 Å². The van der Waals surface area contributed by atoms with E-state index in [0.717, 1.165) is 14.2 Å². The number of carbonyl (C=O) groups is 4. The Morgan fingerprint density at radius 3 is 1.94 bits per heavy atom. The van der Waals surface area contributed by atoms with Crippen molar-refractivity contribution >= 4 is 24.0 Å². The number of pyridine rings is 1. The third-order valence-corrected chi connectivity index (χ3v) is 8.05. The molecule has 0 saturated heterocycles. The van der Waals surface area contributed by atoms with E-state index in [1.54, 1.807) is 87.6 Å². The summed E-state index contributed by atoms with van der Waals surface area (Å²) in [5, 5.41) is 29.9. The van der Waals surface area contributed by atoms with Crippen LogP contribution < -0.4 is 21.4 Å². The predicted octanol–water partition coefficient (Wildman–Crippen LogP) is 3.18. The minimum Gasteiger partial charge on any atom is -0.453 e. The molecule has 52 heavy (non-hydrogen) atoms. The van der Waals surface area contributed by atoms with Gasteiger partial charge in [0.2, 0.25) is 5.91 Å². The van der Waals surface area contributed by atoms with Crippen molar-refractivity contribution in [1.82, 2.24) is 31.4 Å². The van der Waals surface area contributed by atoms with Gasteiger partial charge in [-0.15, -0.1) is 0 Å². The van der Waals surface area contributed by atoms with E-state index in [4.69, 9.17) is 4.74 Å². The van der Waals surface area contributed by atoms with E-state index >= 15 is 0 Å². The standard InChI is InChI=1S/C38H52N6O8/c1-37(2,3)31(41-35(49)51-6)34(48)43-44(22-26-16-18-27(19-17-26)28-15-11-12-20-39-28)23-30(46)29(21-25-13-9-8-10-14-25)40-33(47)32(38(4,5)24-45)42-36(50)52-7/h8-20,29-32,45-46H,21-24H2,1-7H3,(H,40,47)(H,41,49)(H,42,50)(H,43,48)/t29-,30-,31+,32+/m0/s1/i22D2,23D2. The summed E-state index contributed by atoms with van der Waals surface area (Å²) in [5.74, 6) is -1.98. The van der Waals surface area contributed by atoms with Gasteiger partial charge >= 0.3 is 12.2 Å². The first-order valence-corrected chi connectivity index (χ1v) is 16.5. The van der Waals surface area contributed by atoms with Crippen molar-refractivity contribution in [3.63, 3.8) is 0 Å². The Hall–Kier alpha value is -5.05. The molecule has 6 N–H and O–H groups in total. The third-order valence-electron chi connectivity index (χ3n) is 8.05. The first-order chi connectivity index (χ1) is 26.1. The number of aliphatic hydroxyl groups is 2. The fourth-order valence-corrected chi connectivity index (χ4v) is 4.98. The Labute approximate surface area is 310 Å². The summed E-state index contributed by atoms with van der Waals surface area (Å²) in [4.78, 5) is 56.9. The van der Waals surface area contributed by atoms with Crippen molar-refractivity contribution in [2.24, 2.45) is 10.8 Å². The number of nitrogens with one attached hydrogen (secondary N) is 4. The summed E-state index contributed by atoms with van der Waals surface area (Å²) in [6, 6.07) is 15.2. The molecule has 0 aliphatic carbocycles. The summed E-state index contributed by atoms with van der Waals surface area (Å²) >= 11 is 0. The number of aliphatic hydroxyl groups excluding tert-OH is 2. The van der Waals surface area contributed by atoms with Gasteiger partial charge in [-0.1, -0.05) is 95.3 Å². The van der Waals surface area contributed by atoms with Gasteiger partial charge in [0.15, 0.2) is 0 Å². The van der Waals surface area contributed by atoms with Crippen LogP contribution in [0.3, 0.4) is 0 Å². The number of benzene rings is 2. The second kappa shape index (κ2) is 19.0. The van der Waals surface area contributed by atoms with Crippen molar-refractivity contribution in [2.45, 2.75) is 71.8 Å². The summed E-state index contributed by atoms with van der Waals surface area (Å²) in [7, 11) is 2.18. The van der Waals surface area contributed by atoms with Crippen LogP contribution in [0.15, 0.2) is 79.0 Å². The lowest BCUT2D eigenvalue weighted by atomic mass is 9.84. The first kappa shape index (κ1) is 35.4. The van der Waals surface area contributed by atoms with Gasteiger partial charge < -0.3 is 35.6 Å². The molecule has 3 aromatic rings. The molecule has 0 unspecified atom stereocenters. The largest absolute Gasteiger partial charge is 0.453 e. The van der Waals surface area contributed by atoms with Gasteiger partial charge in [0.25, 0.3) is 5.91 Å². The van der Waals surface area contributed by atoms with Gasteiger partial charge in [0, 0.05) is 32.9 Å². The average molecular weight is 725 g/mol. The topological polar surface area (TPSA) is 191 Å². The van der Waals surface area contributed by atoms with Crippen molar-refractivity contribution in [1.29, 1.82) is 0 Å². The number of hydrogen-bond donors (Lipinski definition) is 6. The first-order valence-electron chi connectivity index (χ1n) is 18.5. The fraction of sp³-hybridized carbons (Fsp3) is 0.447. The molecule has 0 radical (unpaired) electrons. The molecule has 4 amide bonds. The maximum absolute atomic E-state index is 14.0. The number of amides is 4. The van der Waals surface area contributed by atoms with Crippen LogP contribution in [0.2, 0.25) is 0 Å². The Morgan fingerprint density at radius 1 is 0.808 bits per heavy atom. The molecule has 2 aromatic carbocycles. The molecule has 1 heterocycles. The molecule has 0 fully saturated rings. The Morgan fingerprint density at radius 2 is 1.40 bits per heavy atom. The Balaban J connectivity index is 2.18. The van der Waals surface area contributed by atoms with Crippen LogP contribution in [-0.2, 0) is 32.0 Å². The van der Waals surface area contributed by atoms with E-state index in [9.17, 15) is 34.9 Å². The van der Waals surface area contributed by atoms with Gasteiger partial charge in [-0.05, 0) is 35.1 Å². The van der Waals surface area contributed by atoms with Gasteiger partial charge in [0.1, 0.15) is 12.1 Å². The highest BCUT2D eigenvalue weighted by Crippen LogP contribution is 2.23. The molecule has 14 heteroatoms. The van der Waals surface area contributed by atoms with Crippen LogP contribution in [0.5, 0.6) is 0 Å². The maximum atomic E-state index is 14.0. The summed E-state index contributed by atoms with van der Waals surface area (Å²) in [6.07, 6.45) is -2.91. The highest BCUT2D eigenvalue weighted by atomic mass is 16.5. The number of rotatable bonds is 16. The lowest BCUT2D eigenvalue weighted by Gasteiger charge is -2.36. The van der Waals surface area contributed by atoms with E-state index in [1.165, 1.54) is 26.0 Å². The molecule has 0 aliphatic rings. The molecule has 0 saturated carbocycles. The quantitative estimate of drug-likeness (QED) is 0.120. The maximum Gasteiger partial charge on any atom is 0.407 e. The second-order valence-corrected chi connectivity index (χ2v) is 13.7. The Kier molecular flexibility index (Phi) is 12.9. The van der Waals surface area contributed by atoms with Gasteiger partial charge in [-0.2, -0.15) is 0 Å². The molecule has 14 nitrogen and oxygen atoms in total. The molecular weight excluding hydrogens is 668 g/mol. The van der Waals surface area contributed by atoms with Crippen LogP contribution in [0.1, 0.15) is 51.2 Å². The molecule has 4 atom stereocenters. The van der Waals surface area contributed by atoms with Gasteiger partial charge in [-0.3, -0.25) is 20.0 Å². The number of aromatic nitrogens is 1.